The molecule has 5 heteroatoms. The lowest BCUT2D eigenvalue weighted by Gasteiger charge is -2.10. The van der Waals surface area contributed by atoms with Crippen LogP contribution in [0, 0.1) is 5.82 Å². The van der Waals surface area contributed by atoms with E-state index < -0.39 is 5.97 Å². The van der Waals surface area contributed by atoms with Gasteiger partial charge in [0.1, 0.15) is 12.4 Å². The number of methoxy groups -OCH3 is 1. The first-order valence-electron chi connectivity index (χ1n) is 7.51. The SMILES string of the molecule is COCCOC(=O)c1cc(-c2ccc(F)cc2)nc2ccccc12. The van der Waals surface area contributed by atoms with Crippen molar-refractivity contribution in [1.82, 2.24) is 4.98 Å². The van der Waals surface area contributed by atoms with Gasteiger partial charge in [-0.05, 0) is 36.4 Å². The number of carbonyl (C=O) groups is 1. The lowest BCUT2D eigenvalue weighted by Crippen LogP contribution is -2.11. The van der Waals surface area contributed by atoms with Gasteiger partial charge in [0.25, 0.3) is 0 Å². The Balaban J connectivity index is 2.05. The van der Waals surface area contributed by atoms with Gasteiger partial charge < -0.3 is 9.47 Å². The first-order chi connectivity index (χ1) is 11.7. The van der Waals surface area contributed by atoms with E-state index in [1.54, 1.807) is 25.3 Å². The summed E-state index contributed by atoms with van der Waals surface area (Å²) in [6.07, 6.45) is 0. The number of rotatable bonds is 5. The molecule has 0 amide bonds. The largest absolute Gasteiger partial charge is 0.460 e. The molecular formula is C19H16FNO3. The maximum absolute atomic E-state index is 13.1. The molecule has 0 N–H and O–H groups in total. The maximum Gasteiger partial charge on any atom is 0.338 e. The Morgan fingerprint density at radius 3 is 2.58 bits per heavy atom. The predicted octanol–water partition coefficient (Wildman–Crippen LogP) is 3.84. The number of pyridine rings is 1. The molecule has 0 radical (unpaired) electrons. The Hall–Kier alpha value is -2.79. The highest BCUT2D eigenvalue weighted by Crippen LogP contribution is 2.25. The fourth-order valence-electron chi connectivity index (χ4n) is 2.41. The zero-order valence-corrected chi connectivity index (χ0v) is 13.2. The van der Waals surface area contributed by atoms with Crippen LogP contribution in [0.1, 0.15) is 10.4 Å². The van der Waals surface area contributed by atoms with E-state index in [9.17, 15) is 9.18 Å². The van der Waals surface area contributed by atoms with Crippen molar-refractivity contribution < 1.29 is 18.7 Å². The number of hydrogen-bond acceptors (Lipinski definition) is 4. The van der Waals surface area contributed by atoms with Crippen LogP contribution >= 0.6 is 0 Å². The number of para-hydroxylation sites is 1. The Labute approximate surface area is 138 Å². The van der Waals surface area contributed by atoms with Crippen molar-refractivity contribution in [2.24, 2.45) is 0 Å². The number of carbonyl (C=O) groups excluding carboxylic acids is 1. The Kier molecular flexibility index (Phi) is 4.82. The molecule has 0 bridgehead atoms. The summed E-state index contributed by atoms with van der Waals surface area (Å²) in [5.41, 5.74) is 2.43. The third kappa shape index (κ3) is 3.41. The first kappa shape index (κ1) is 16.1. The summed E-state index contributed by atoms with van der Waals surface area (Å²) in [7, 11) is 1.54. The van der Waals surface area contributed by atoms with Crippen LogP contribution < -0.4 is 0 Å². The second-order valence-corrected chi connectivity index (χ2v) is 5.21. The maximum atomic E-state index is 13.1. The van der Waals surface area contributed by atoms with Gasteiger partial charge >= 0.3 is 5.97 Å². The van der Waals surface area contributed by atoms with Crippen molar-refractivity contribution in [2.75, 3.05) is 20.3 Å². The minimum absolute atomic E-state index is 0.178. The molecule has 0 atom stereocenters. The molecule has 0 saturated carbocycles. The topological polar surface area (TPSA) is 48.4 Å². The van der Waals surface area contributed by atoms with E-state index in [1.165, 1.54) is 12.1 Å². The molecule has 0 aliphatic heterocycles. The van der Waals surface area contributed by atoms with Gasteiger partial charge in [-0.25, -0.2) is 14.2 Å². The minimum Gasteiger partial charge on any atom is -0.460 e. The molecule has 4 nitrogen and oxygen atoms in total. The van der Waals surface area contributed by atoms with Crippen molar-refractivity contribution in [1.29, 1.82) is 0 Å². The molecule has 2 aromatic carbocycles. The van der Waals surface area contributed by atoms with E-state index in [4.69, 9.17) is 9.47 Å². The number of esters is 1. The van der Waals surface area contributed by atoms with Crippen molar-refractivity contribution in [2.45, 2.75) is 0 Å². The molecule has 0 saturated heterocycles. The number of benzene rings is 2. The molecule has 1 heterocycles. The molecule has 3 aromatic rings. The number of aromatic nitrogens is 1. The normalized spacial score (nSPS) is 10.8. The van der Waals surface area contributed by atoms with Crippen LogP contribution in [0.2, 0.25) is 0 Å². The lowest BCUT2D eigenvalue weighted by molar-refractivity contribution is 0.0390. The van der Waals surface area contributed by atoms with Crippen LogP contribution in [-0.4, -0.2) is 31.3 Å². The summed E-state index contributed by atoms with van der Waals surface area (Å²) < 4.78 is 23.3. The minimum atomic E-state index is -0.436. The third-order valence-electron chi connectivity index (χ3n) is 3.60. The average Bonchev–Trinajstić information content (AvgIpc) is 2.61. The summed E-state index contributed by atoms with van der Waals surface area (Å²) in [4.78, 5) is 17.0. The highest BCUT2D eigenvalue weighted by molar-refractivity contribution is 6.04. The zero-order valence-electron chi connectivity index (χ0n) is 13.2. The van der Waals surface area contributed by atoms with E-state index >= 15 is 0 Å². The number of halogens is 1. The van der Waals surface area contributed by atoms with E-state index in [2.05, 4.69) is 4.98 Å². The zero-order chi connectivity index (χ0) is 16.9. The smallest absolute Gasteiger partial charge is 0.338 e. The van der Waals surface area contributed by atoms with Gasteiger partial charge in [-0.2, -0.15) is 0 Å². The van der Waals surface area contributed by atoms with Gasteiger partial charge in [0.2, 0.25) is 0 Å². The molecule has 0 aliphatic carbocycles. The van der Waals surface area contributed by atoms with Crippen LogP contribution in [0.25, 0.3) is 22.2 Å². The van der Waals surface area contributed by atoms with Gasteiger partial charge in [-0.15, -0.1) is 0 Å². The number of nitrogens with zero attached hydrogens (tertiary/aromatic N) is 1. The molecule has 0 fully saturated rings. The predicted molar refractivity (Wildman–Crippen MR) is 89.3 cm³/mol. The van der Waals surface area contributed by atoms with E-state index in [1.807, 2.05) is 24.3 Å². The highest BCUT2D eigenvalue weighted by Gasteiger charge is 2.15. The van der Waals surface area contributed by atoms with Gasteiger partial charge in [0.05, 0.1) is 23.4 Å². The van der Waals surface area contributed by atoms with E-state index in [-0.39, 0.29) is 12.4 Å². The van der Waals surface area contributed by atoms with E-state index in [0.29, 0.717) is 28.8 Å². The first-order valence-corrected chi connectivity index (χ1v) is 7.51. The Morgan fingerprint density at radius 2 is 1.83 bits per heavy atom. The summed E-state index contributed by atoms with van der Waals surface area (Å²) in [6.45, 7) is 0.511. The Bertz CT molecular complexity index is 862. The van der Waals surface area contributed by atoms with Gasteiger partial charge in [-0.3, -0.25) is 0 Å². The quantitative estimate of drug-likeness (QED) is 0.528. The van der Waals surface area contributed by atoms with Crippen molar-refractivity contribution >= 4 is 16.9 Å². The summed E-state index contributed by atoms with van der Waals surface area (Å²) in [5.74, 6) is -0.757. The molecule has 0 unspecified atom stereocenters. The third-order valence-corrected chi connectivity index (χ3v) is 3.60. The molecule has 24 heavy (non-hydrogen) atoms. The van der Waals surface area contributed by atoms with E-state index in [0.717, 1.165) is 5.56 Å². The highest BCUT2D eigenvalue weighted by atomic mass is 19.1. The number of ether oxygens (including phenoxy) is 2. The van der Waals surface area contributed by atoms with Gasteiger partial charge in [0, 0.05) is 18.1 Å². The fraction of sp³-hybridized carbons (Fsp3) is 0.158. The second-order valence-electron chi connectivity index (χ2n) is 5.21. The summed E-state index contributed by atoms with van der Waals surface area (Å²) in [6, 6.07) is 15.0. The van der Waals surface area contributed by atoms with Crippen molar-refractivity contribution in [3.8, 4) is 11.3 Å². The summed E-state index contributed by atoms with van der Waals surface area (Å²) >= 11 is 0. The van der Waals surface area contributed by atoms with Crippen LogP contribution in [-0.2, 0) is 9.47 Å². The number of fused-ring (bicyclic) bond motifs is 1. The summed E-state index contributed by atoms with van der Waals surface area (Å²) in [5, 5.41) is 0.714. The van der Waals surface area contributed by atoms with Crippen LogP contribution in [0.15, 0.2) is 54.6 Å². The molecule has 122 valence electrons. The van der Waals surface area contributed by atoms with Crippen LogP contribution in [0.3, 0.4) is 0 Å². The van der Waals surface area contributed by atoms with Crippen LogP contribution in [0.4, 0.5) is 4.39 Å². The number of hydrogen-bond donors (Lipinski definition) is 0. The van der Waals surface area contributed by atoms with Gasteiger partial charge in [-0.1, -0.05) is 18.2 Å². The molecule has 0 aliphatic rings. The van der Waals surface area contributed by atoms with Gasteiger partial charge in [0.15, 0.2) is 0 Å². The van der Waals surface area contributed by atoms with Crippen molar-refractivity contribution in [3.05, 3.63) is 66.0 Å². The molecule has 1 aromatic heterocycles. The molecular weight excluding hydrogens is 309 g/mol. The molecule has 0 spiro atoms. The fourth-order valence-corrected chi connectivity index (χ4v) is 2.41. The van der Waals surface area contributed by atoms with Crippen molar-refractivity contribution in [3.63, 3.8) is 0 Å². The standard InChI is InChI=1S/C19H16FNO3/c1-23-10-11-24-19(22)16-12-18(13-6-8-14(20)9-7-13)21-17-5-3-2-4-15(16)17/h2-9,12H,10-11H2,1H3. The van der Waals surface area contributed by atoms with Crippen LogP contribution in [0.5, 0.6) is 0 Å². The monoisotopic (exact) mass is 325 g/mol. The lowest BCUT2D eigenvalue weighted by atomic mass is 10.0. The second kappa shape index (κ2) is 7.19. The Morgan fingerprint density at radius 1 is 1.08 bits per heavy atom. The average molecular weight is 325 g/mol. The molecule has 3 rings (SSSR count).